The second-order valence-electron chi connectivity index (χ2n) is 7.38. The molecule has 28 heavy (non-hydrogen) atoms. The van der Waals surface area contributed by atoms with Crippen molar-refractivity contribution in [1.82, 2.24) is 0 Å². The van der Waals surface area contributed by atoms with Gasteiger partial charge in [-0.2, -0.15) is 0 Å². The minimum atomic E-state index is -0.402. The third-order valence-corrected chi connectivity index (χ3v) is 5.57. The first kappa shape index (κ1) is 18.6. The van der Waals surface area contributed by atoms with Gasteiger partial charge in [0, 0.05) is 24.6 Å². The van der Waals surface area contributed by atoms with Crippen LogP contribution in [0.2, 0.25) is 0 Å². The summed E-state index contributed by atoms with van der Waals surface area (Å²) in [6.07, 6.45) is 1.91. The number of hydrogen-bond acceptors (Lipinski definition) is 3. The maximum Gasteiger partial charge on any atom is 0.292 e. The van der Waals surface area contributed by atoms with Gasteiger partial charge >= 0.3 is 0 Å². The molecule has 0 unspecified atom stereocenters. The molecule has 0 radical (unpaired) electrons. The largest absolute Gasteiger partial charge is 0.382 e. The number of quaternary nitrogens is 1. The predicted octanol–water partition coefficient (Wildman–Crippen LogP) is 1.76. The molecule has 5 nitrogen and oxygen atoms in total. The number of halogens is 2. The number of carbonyl (C=O) groups excluding carboxylic acids is 2. The lowest BCUT2D eigenvalue weighted by Crippen LogP contribution is -3.17. The monoisotopic (exact) mass is 386 g/mol. The van der Waals surface area contributed by atoms with Gasteiger partial charge in [-0.1, -0.05) is 0 Å². The molecule has 2 aliphatic rings. The van der Waals surface area contributed by atoms with Crippen molar-refractivity contribution in [3.8, 4) is 0 Å². The number of hydrogen-bond donors (Lipinski definition) is 2. The summed E-state index contributed by atoms with van der Waals surface area (Å²) in [5, 5.41) is 3.40. The number of amides is 2. The maximum absolute atomic E-state index is 13.1. The number of rotatable bonds is 4. The third-order valence-electron chi connectivity index (χ3n) is 5.57. The van der Waals surface area contributed by atoms with E-state index in [0.29, 0.717) is 5.69 Å². The summed E-state index contributed by atoms with van der Waals surface area (Å²) in [5.74, 6) is -1.11. The number of anilines is 2. The summed E-state index contributed by atoms with van der Waals surface area (Å²) in [7, 11) is 0. The van der Waals surface area contributed by atoms with Gasteiger partial charge in [0.05, 0.1) is 25.2 Å². The summed E-state index contributed by atoms with van der Waals surface area (Å²) in [5.41, 5.74) is 1.30. The number of nitrogens with one attached hydrogen (secondary N) is 2. The van der Waals surface area contributed by atoms with E-state index in [4.69, 9.17) is 0 Å². The number of likely N-dealkylation sites (tertiary alicyclic amines) is 1. The molecule has 1 atom stereocenters. The molecule has 2 aromatic rings. The Morgan fingerprint density at radius 2 is 1.46 bits per heavy atom. The van der Waals surface area contributed by atoms with Crippen LogP contribution in [0.3, 0.4) is 0 Å². The molecule has 0 saturated carbocycles. The van der Waals surface area contributed by atoms with E-state index in [1.54, 1.807) is 12.1 Å². The van der Waals surface area contributed by atoms with Crippen LogP contribution in [0.5, 0.6) is 0 Å². The zero-order valence-corrected chi connectivity index (χ0v) is 15.3. The molecular formula is C21H22F2N3O2+. The van der Waals surface area contributed by atoms with E-state index >= 15 is 0 Å². The Hall–Kier alpha value is -2.80. The molecule has 0 aliphatic carbocycles. The quantitative estimate of drug-likeness (QED) is 0.788. The fraction of sp³-hybridized carbons (Fsp3) is 0.333. The smallest absolute Gasteiger partial charge is 0.292 e. The van der Waals surface area contributed by atoms with Crippen LogP contribution in [0.1, 0.15) is 19.3 Å². The lowest BCUT2D eigenvalue weighted by molar-refractivity contribution is -0.919. The average molecular weight is 386 g/mol. The zero-order valence-electron chi connectivity index (χ0n) is 15.3. The number of piperidine rings is 1. The molecule has 4 rings (SSSR count). The molecule has 0 aromatic heterocycles. The predicted molar refractivity (Wildman–Crippen MR) is 101 cm³/mol. The van der Waals surface area contributed by atoms with E-state index in [0.717, 1.165) is 36.5 Å². The Bertz CT molecular complexity index is 862. The van der Waals surface area contributed by atoms with Gasteiger partial charge in [-0.25, -0.2) is 13.7 Å². The molecule has 7 heteroatoms. The summed E-state index contributed by atoms with van der Waals surface area (Å²) in [6.45, 7) is 1.56. The van der Waals surface area contributed by atoms with Gasteiger partial charge in [-0.15, -0.1) is 0 Å². The first-order valence-electron chi connectivity index (χ1n) is 9.50. The Kier molecular flexibility index (Phi) is 5.09. The Labute approximate surface area is 161 Å². The maximum atomic E-state index is 13.1. The Morgan fingerprint density at radius 1 is 0.893 bits per heavy atom. The summed E-state index contributed by atoms with van der Waals surface area (Å²) in [4.78, 5) is 27.5. The van der Waals surface area contributed by atoms with Gasteiger partial charge in [0.2, 0.25) is 5.91 Å². The molecule has 2 aromatic carbocycles. The second-order valence-corrected chi connectivity index (χ2v) is 7.38. The molecule has 2 fully saturated rings. The molecule has 0 bridgehead atoms. The molecule has 0 spiro atoms. The van der Waals surface area contributed by atoms with Gasteiger partial charge in [0.25, 0.3) is 5.91 Å². The van der Waals surface area contributed by atoms with Gasteiger partial charge in [-0.3, -0.25) is 9.59 Å². The van der Waals surface area contributed by atoms with Crippen LogP contribution < -0.4 is 15.1 Å². The van der Waals surface area contributed by atoms with Gasteiger partial charge in [0.1, 0.15) is 11.6 Å². The van der Waals surface area contributed by atoms with E-state index in [9.17, 15) is 18.4 Å². The fourth-order valence-corrected chi connectivity index (χ4v) is 4.08. The molecule has 2 heterocycles. The van der Waals surface area contributed by atoms with E-state index in [2.05, 4.69) is 5.32 Å². The normalized spacial score (nSPS) is 25.2. The molecule has 2 N–H and O–H groups in total. The second kappa shape index (κ2) is 7.67. The van der Waals surface area contributed by atoms with Crippen LogP contribution in [-0.4, -0.2) is 37.0 Å². The molecule has 2 aliphatic heterocycles. The highest BCUT2D eigenvalue weighted by Crippen LogP contribution is 2.22. The molecule has 2 amide bonds. The summed E-state index contributed by atoms with van der Waals surface area (Å²) in [6, 6.07) is 11.6. The van der Waals surface area contributed by atoms with E-state index < -0.39 is 5.82 Å². The Balaban J connectivity index is 1.37. The first-order chi connectivity index (χ1) is 13.5. The Morgan fingerprint density at radius 3 is 2.07 bits per heavy atom. The highest BCUT2D eigenvalue weighted by Gasteiger charge is 2.46. The summed E-state index contributed by atoms with van der Waals surface area (Å²) >= 11 is 0. The highest BCUT2D eigenvalue weighted by molar-refractivity contribution is 6.21. The van der Waals surface area contributed by atoms with Crippen LogP contribution in [0.25, 0.3) is 0 Å². The minimum absolute atomic E-state index is 0.182. The molecule has 2 saturated heterocycles. The third kappa shape index (κ3) is 3.75. The van der Waals surface area contributed by atoms with Gasteiger partial charge < -0.3 is 10.2 Å². The lowest BCUT2D eigenvalue weighted by atomic mass is 10.0. The van der Waals surface area contributed by atoms with Crippen molar-refractivity contribution < 1.29 is 23.3 Å². The zero-order chi connectivity index (χ0) is 19.7. The summed E-state index contributed by atoms with van der Waals surface area (Å²) < 4.78 is 26.1. The topological polar surface area (TPSA) is 53.9 Å². The van der Waals surface area contributed by atoms with E-state index in [1.807, 2.05) is 0 Å². The van der Waals surface area contributed by atoms with Gasteiger partial charge in [0.15, 0.2) is 6.04 Å². The van der Waals surface area contributed by atoms with Crippen molar-refractivity contribution in [2.75, 3.05) is 23.3 Å². The van der Waals surface area contributed by atoms with Crippen molar-refractivity contribution in [2.24, 2.45) is 0 Å². The minimum Gasteiger partial charge on any atom is -0.382 e. The van der Waals surface area contributed by atoms with E-state index in [-0.39, 0.29) is 36.1 Å². The number of benzene rings is 2. The van der Waals surface area contributed by atoms with Crippen molar-refractivity contribution in [2.45, 2.75) is 31.3 Å². The van der Waals surface area contributed by atoms with Crippen molar-refractivity contribution in [1.29, 1.82) is 0 Å². The lowest BCUT2D eigenvalue weighted by Gasteiger charge is -2.32. The van der Waals surface area contributed by atoms with Crippen molar-refractivity contribution >= 4 is 23.2 Å². The molecular weight excluding hydrogens is 364 g/mol. The van der Waals surface area contributed by atoms with Gasteiger partial charge in [-0.05, 0) is 48.5 Å². The van der Waals surface area contributed by atoms with E-state index in [1.165, 1.54) is 41.3 Å². The first-order valence-corrected chi connectivity index (χ1v) is 9.50. The van der Waals surface area contributed by atoms with Crippen LogP contribution in [-0.2, 0) is 9.59 Å². The van der Waals surface area contributed by atoms with Crippen LogP contribution in [0.15, 0.2) is 48.5 Å². The van der Waals surface area contributed by atoms with Crippen molar-refractivity contribution in [3.63, 3.8) is 0 Å². The number of nitrogens with zero attached hydrogens (tertiary/aromatic N) is 1. The SMILES string of the molecule is O=C1C[C@H]([NH+]2CCC(Nc3ccc(F)cc3)CC2)C(=O)N1c1ccc(F)cc1. The fourth-order valence-electron chi connectivity index (χ4n) is 4.08. The van der Waals surface area contributed by atoms with Crippen molar-refractivity contribution in [3.05, 3.63) is 60.2 Å². The molecule has 146 valence electrons. The van der Waals surface area contributed by atoms with Crippen LogP contribution in [0, 0.1) is 11.6 Å². The standard InChI is InChI=1S/C21H21F2N3O2/c22-14-1-5-16(6-2-14)24-17-9-11-25(12-10-17)19-13-20(27)26(21(19)28)18-7-3-15(23)4-8-18/h1-8,17,19,24H,9-13H2/p+1/t19-/m0/s1. The van der Waals surface area contributed by atoms with Crippen LogP contribution in [0.4, 0.5) is 20.2 Å². The number of imide groups is 1. The average Bonchev–Trinajstić information content (AvgIpc) is 2.99. The number of carbonyl (C=O) groups is 2. The van der Waals surface area contributed by atoms with Crippen LogP contribution >= 0.6 is 0 Å². The highest BCUT2D eigenvalue weighted by atomic mass is 19.1.